The second-order valence-electron chi connectivity index (χ2n) is 5.82. The molecule has 0 radical (unpaired) electrons. The molecule has 0 aliphatic heterocycles. The molecule has 0 fully saturated rings. The van der Waals surface area contributed by atoms with Crippen LogP contribution in [-0.2, 0) is 0 Å². The molecule has 0 spiro atoms. The Balaban J connectivity index is 1.59. The molecule has 4 amide bonds. The Morgan fingerprint density at radius 2 is 1.03 bits per heavy atom. The number of amides is 4. The highest BCUT2D eigenvalue weighted by molar-refractivity contribution is 6.42. The van der Waals surface area contributed by atoms with E-state index in [9.17, 15) is 9.59 Å². The minimum atomic E-state index is -0.543. The fourth-order valence-electron chi connectivity index (χ4n) is 2.28. The predicted molar refractivity (Wildman–Crippen MR) is 122 cm³/mol. The van der Waals surface area contributed by atoms with Gasteiger partial charge in [0.15, 0.2) is 0 Å². The molecule has 3 rings (SSSR count). The molecule has 0 atom stereocenters. The Morgan fingerprint density at radius 3 is 1.43 bits per heavy atom. The average Bonchev–Trinajstić information content (AvgIpc) is 2.68. The van der Waals surface area contributed by atoms with E-state index in [1.807, 2.05) is 0 Å². The summed E-state index contributed by atoms with van der Waals surface area (Å²) in [6, 6.07) is 13.0. The quantitative estimate of drug-likeness (QED) is 0.321. The summed E-state index contributed by atoms with van der Waals surface area (Å²) in [5.74, 6) is 0.444. The van der Waals surface area contributed by atoms with Crippen molar-refractivity contribution in [1.29, 1.82) is 0 Å². The number of aromatic nitrogens is 1. The van der Waals surface area contributed by atoms with Crippen LogP contribution in [0.4, 0.5) is 32.6 Å². The van der Waals surface area contributed by atoms with Crippen LogP contribution >= 0.6 is 46.4 Å². The molecule has 0 aliphatic rings. The number of urea groups is 2. The van der Waals surface area contributed by atoms with Gasteiger partial charge in [-0.15, -0.1) is 0 Å². The summed E-state index contributed by atoms with van der Waals surface area (Å²) in [5, 5.41) is 11.7. The van der Waals surface area contributed by atoms with E-state index < -0.39 is 12.1 Å². The van der Waals surface area contributed by atoms with Crippen molar-refractivity contribution in [3.63, 3.8) is 0 Å². The molecule has 30 heavy (non-hydrogen) atoms. The average molecular weight is 485 g/mol. The second kappa shape index (κ2) is 9.86. The maximum Gasteiger partial charge on any atom is 0.324 e. The van der Waals surface area contributed by atoms with Crippen molar-refractivity contribution in [2.24, 2.45) is 0 Å². The first kappa shape index (κ1) is 22.0. The Morgan fingerprint density at radius 1 is 0.600 bits per heavy atom. The van der Waals surface area contributed by atoms with Crippen LogP contribution in [0.2, 0.25) is 20.1 Å². The van der Waals surface area contributed by atoms with Crippen LogP contribution in [0, 0.1) is 0 Å². The molecule has 1 aromatic heterocycles. The summed E-state index contributed by atoms with van der Waals surface area (Å²) >= 11 is 23.5. The number of hydrogen-bond acceptors (Lipinski definition) is 3. The monoisotopic (exact) mass is 483 g/mol. The third-order valence-electron chi connectivity index (χ3n) is 3.59. The number of carbonyl (C=O) groups is 2. The van der Waals surface area contributed by atoms with Crippen molar-refractivity contribution >= 4 is 81.5 Å². The Bertz CT molecular complexity index is 1030. The highest BCUT2D eigenvalue weighted by Gasteiger charge is 2.09. The molecule has 4 N–H and O–H groups in total. The molecule has 154 valence electrons. The van der Waals surface area contributed by atoms with Gasteiger partial charge in [0.1, 0.15) is 11.6 Å². The molecular formula is C19H13Cl4N5O2. The SMILES string of the molecule is O=C(Nc1ccc(Cl)c(Cl)c1)Nc1cccc(NC(=O)Nc2ccc(Cl)c(Cl)c2)n1. The lowest BCUT2D eigenvalue weighted by atomic mass is 10.3. The minimum absolute atomic E-state index is 0.222. The van der Waals surface area contributed by atoms with E-state index in [0.29, 0.717) is 31.5 Å². The second-order valence-corrected chi connectivity index (χ2v) is 7.45. The lowest BCUT2D eigenvalue weighted by Crippen LogP contribution is -2.22. The molecule has 0 unspecified atom stereocenters. The van der Waals surface area contributed by atoms with Gasteiger partial charge in [-0.25, -0.2) is 14.6 Å². The number of pyridine rings is 1. The van der Waals surface area contributed by atoms with Crippen LogP contribution in [0.3, 0.4) is 0 Å². The summed E-state index contributed by atoms with van der Waals surface area (Å²) in [4.78, 5) is 28.5. The summed E-state index contributed by atoms with van der Waals surface area (Å²) < 4.78 is 0. The molecule has 0 bridgehead atoms. The highest BCUT2D eigenvalue weighted by Crippen LogP contribution is 2.26. The Hall–Kier alpha value is -2.71. The molecule has 11 heteroatoms. The van der Waals surface area contributed by atoms with Crippen molar-refractivity contribution in [3.05, 3.63) is 74.7 Å². The van der Waals surface area contributed by atoms with Gasteiger partial charge >= 0.3 is 12.1 Å². The van der Waals surface area contributed by atoms with E-state index in [2.05, 4.69) is 26.3 Å². The molecule has 7 nitrogen and oxygen atoms in total. The van der Waals surface area contributed by atoms with Crippen LogP contribution in [0.25, 0.3) is 0 Å². The van der Waals surface area contributed by atoms with Crippen LogP contribution in [0.5, 0.6) is 0 Å². The summed E-state index contributed by atoms with van der Waals surface area (Å²) in [7, 11) is 0. The van der Waals surface area contributed by atoms with E-state index in [1.54, 1.807) is 42.5 Å². The number of hydrogen-bond donors (Lipinski definition) is 4. The maximum absolute atomic E-state index is 12.2. The van der Waals surface area contributed by atoms with Crippen molar-refractivity contribution < 1.29 is 9.59 Å². The smallest absolute Gasteiger partial charge is 0.308 e. The van der Waals surface area contributed by atoms with Crippen LogP contribution in [-0.4, -0.2) is 17.0 Å². The standard InChI is InChI=1S/C19H13Cl4N5O2/c20-12-6-4-10(8-14(12)22)24-18(29)27-16-2-1-3-17(26-16)28-19(30)25-11-5-7-13(21)15(23)9-11/h1-9H,(H4,24,25,26,27,28,29,30). The van der Waals surface area contributed by atoms with Crippen molar-refractivity contribution in [3.8, 4) is 0 Å². The zero-order chi connectivity index (χ0) is 21.7. The fraction of sp³-hybridized carbons (Fsp3) is 0. The zero-order valence-corrected chi connectivity index (χ0v) is 18.0. The van der Waals surface area contributed by atoms with Crippen molar-refractivity contribution in [1.82, 2.24) is 4.98 Å². The third-order valence-corrected chi connectivity index (χ3v) is 5.07. The molecule has 0 aliphatic carbocycles. The van der Waals surface area contributed by atoms with Gasteiger partial charge < -0.3 is 10.6 Å². The van der Waals surface area contributed by atoms with E-state index in [4.69, 9.17) is 46.4 Å². The lowest BCUT2D eigenvalue weighted by Gasteiger charge is -2.10. The maximum atomic E-state index is 12.2. The molecule has 0 saturated carbocycles. The van der Waals surface area contributed by atoms with Gasteiger partial charge in [-0.1, -0.05) is 52.5 Å². The number of rotatable bonds is 4. The Kier molecular flexibility index (Phi) is 7.23. The molecule has 1 heterocycles. The van der Waals surface area contributed by atoms with E-state index in [1.165, 1.54) is 12.1 Å². The number of nitrogens with one attached hydrogen (secondary N) is 4. The zero-order valence-electron chi connectivity index (χ0n) is 15.0. The van der Waals surface area contributed by atoms with Crippen LogP contribution in [0.1, 0.15) is 0 Å². The van der Waals surface area contributed by atoms with Gasteiger partial charge in [0, 0.05) is 11.4 Å². The summed E-state index contributed by atoms with van der Waals surface area (Å²) in [5.41, 5.74) is 0.911. The van der Waals surface area contributed by atoms with Gasteiger partial charge in [0.25, 0.3) is 0 Å². The third kappa shape index (κ3) is 6.14. The normalized spacial score (nSPS) is 10.3. The van der Waals surface area contributed by atoms with E-state index >= 15 is 0 Å². The lowest BCUT2D eigenvalue weighted by molar-refractivity contribution is 0.261. The number of carbonyl (C=O) groups excluding carboxylic acids is 2. The van der Waals surface area contributed by atoms with Crippen molar-refractivity contribution in [2.45, 2.75) is 0 Å². The number of benzene rings is 2. The van der Waals surface area contributed by atoms with Crippen molar-refractivity contribution in [2.75, 3.05) is 21.3 Å². The van der Waals surface area contributed by atoms with Gasteiger partial charge in [0.2, 0.25) is 0 Å². The molecule has 0 saturated heterocycles. The highest BCUT2D eigenvalue weighted by atomic mass is 35.5. The molecule has 2 aromatic carbocycles. The largest absolute Gasteiger partial charge is 0.324 e. The van der Waals surface area contributed by atoms with Gasteiger partial charge in [-0.3, -0.25) is 10.6 Å². The fourth-order valence-corrected chi connectivity index (χ4v) is 2.88. The van der Waals surface area contributed by atoms with Crippen LogP contribution < -0.4 is 21.3 Å². The molecular weight excluding hydrogens is 472 g/mol. The first-order valence-electron chi connectivity index (χ1n) is 8.33. The first-order chi connectivity index (χ1) is 14.3. The topological polar surface area (TPSA) is 95.2 Å². The Labute approximate surface area is 191 Å². The molecule has 3 aromatic rings. The predicted octanol–water partition coefficient (Wildman–Crippen LogP) is 6.98. The van der Waals surface area contributed by atoms with E-state index in [0.717, 1.165) is 0 Å². The summed E-state index contributed by atoms with van der Waals surface area (Å²) in [6.45, 7) is 0. The first-order valence-corrected chi connectivity index (χ1v) is 9.84. The van der Waals surface area contributed by atoms with Crippen LogP contribution in [0.15, 0.2) is 54.6 Å². The van der Waals surface area contributed by atoms with Gasteiger partial charge in [-0.05, 0) is 48.5 Å². The number of anilines is 4. The van der Waals surface area contributed by atoms with Gasteiger partial charge in [-0.2, -0.15) is 0 Å². The minimum Gasteiger partial charge on any atom is -0.308 e. The summed E-state index contributed by atoms with van der Waals surface area (Å²) in [6.07, 6.45) is 0. The van der Waals surface area contributed by atoms with E-state index in [-0.39, 0.29) is 11.6 Å². The number of halogens is 4. The van der Waals surface area contributed by atoms with Gasteiger partial charge in [0.05, 0.1) is 20.1 Å². The number of nitrogens with zero attached hydrogens (tertiary/aromatic N) is 1.